The van der Waals surface area contributed by atoms with Crippen LogP contribution in [0.2, 0.25) is 5.02 Å². The summed E-state index contributed by atoms with van der Waals surface area (Å²) in [5.41, 5.74) is 4.23. The maximum Gasteiger partial charge on any atom is 0.256 e. The minimum absolute atomic E-state index is 0.0969. The van der Waals surface area contributed by atoms with Crippen molar-refractivity contribution in [1.82, 2.24) is 14.9 Å². The molecule has 6 rings (SSSR count). The number of methoxy groups -OCH3 is 1. The van der Waals surface area contributed by atoms with Crippen LogP contribution in [0, 0.1) is 0 Å². The molecule has 43 heavy (non-hydrogen) atoms. The number of hydrogen-bond donors (Lipinski definition) is 2. The van der Waals surface area contributed by atoms with Crippen LogP contribution in [0.25, 0.3) is 11.1 Å². The van der Waals surface area contributed by atoms with Crippen molar-refractivity contribution in [2.75, 3.05) is 26.9 Å². The molecule has 3 aromatic carbocycles. The lowest BCUT2D eigenvalue weighted by Gasteiger charge is -2.24. The Balaban J connectivity index is 1.25. The molecule has 8 nitrogen and oxygen atoms in total. The molecule has 1 fully saturated rings. The van der Waals surface area contributed by atoms with E-state index in [0.29, 0.717) is 54.6 Å². The summed E-state index contributed by atoms with van der Waals surface area (Å²) in [6.07, 6.45) is 1.63. The van der Waals surface area contributed by atoms with Gasteiger partial charge in [0.15, 0.2) is 6.10 Å². The number of fused-ring (bicyclic) bond motifs is 1. The Labute approximate surface area is 255 Å². The number of benzene rings is 3. The molecule has 1 aliphatic heterocycles. The Morgan fingerprint density at radius 3 is 2.60 bits per heavy atom. The molecule has 4 aromatic rings. The monoisotopic (exact) mass is 599 g/mol. The number of carbonyl (C=O) groups excluding carboxylic acids is 1. The van der Waals surface area contributed by atoms with Crippen LogP contribution in [0.3, 0.4) is 0 Å². The van der Waals surface area contributed by atoms with E-state index in [1.54, 1.807) is 31.4 Å². The Kier molecular flexibility index (Phi) is 8.34. The highest BCUT2D eigenvalue weighted by Crippen LogP contribution is 2.52. The smallest absolute Gasteiger partial charge is 0.256 e. The molecule has 0 bridgehead atoms. The number of amides is 1. The largest absolute Gasteiger partial charge is 0.491 e. The van der Waals surface area contributed by atoms with Crippen molar-refractivity contribution in [2.24, 2.45) is 0 Å². The van der Waals surface area contributed by atoms with Crippen LogP contribution in [0.5, 0.6) is 5.75 Å². The number of nitrogens with one attached hydrogen (secondary N) is 1. The molecule has 2 heterocycles. The molecule has 2 N–H and O–H groups in total. The SMILES string of the molecule is COCCOc1cccc(-c2cccc(C3(c4nc5c(c(=O)[nH]4)CN(C(=O)C(O)c4cccc(Cl)c4)CCC5)CC3)c2)c1. The quantitative estimate of drug-likeness (QED) is 0.256. The molecule has 9 heteroatoms. The topological polar surface area (TPSA) is 105 Å². The van der Waals surface area contributed by atoms with E-state index in [1.807, 2.05) is 24.3 Å². The maximum atomic E-state index is 13.5. The predicted octanol–water partition coefficient (Wildman–Crippen LogP) is 5.20. The lowest BCUT2D eigenvalue weighted by atomic mass is 9.91. The normalized spacial score (nSPS) is 16.2. The number of hydrogen-bond acceptors (Lipinski definition) is 6. The van der Waals surface area contributed by atoms with Crippen molar-refractivity contribution in [3.63, 3.8) is 0 Å². The minimum Gasteiger partial charge on any atom is -0.491 e. The summed E-state index contributed by atoms with van der Waals surface area (Å²) in [4.78, 5) is 36.3. The number of ether oxygens (including phenoxy) is 2. The Hall–Kier alpha value is -3.98. The summed E-state index contributed by atoms with van der Waals surface area (Å²) in [7, 11) is 1.65. The highest BCUT2D eigenvalue weighted by Gasteiger charge is 2.49. The first-order valence-corrected chi connectivity index (χ1v) is 14.9. The van der Waals surface area contributed by atoms with Crippen molar-refractivity contribution in [3.8, 4) is 16.9 Å². The van der Waals surface area contributed by atoms with Crippen molar-refractivity contribution in [1.29, 1.82) is 0 Å². The predicted molar refractivity (Wildman–Crippen MR) is 164 cm³/mol. The Bertz CT molecular complexity index is 1700. The van der Waals surface area contributed by atoms with Gasteiger partial charge in [-0.15, -0.1) is 0 Å². The second-order valence-corrected chi connectivity index (χ2v) is 11.6. The number of aromatic nitrogens is 2. The lowest BCUT2D eigenvalue weighted by molar-refractivity contribution is -0.141. The molecule has 0 radical (unpaired) electrons. The van der Waals surface area contributed by atoms with E-state index in [2.05, 4.69) is 29.2 Å². The van der Waals surface area contributed by atoms with E-state index in [-0.39, 0.29) is 17.5 Å². The second kappa shape index (κ2) is 12.3. The third-order valence-electron chi connectivity index (χ3n) is 8.34. The fraction of sp³-hybridized carbons (Fsp3) is 0.324. The standard InChI is InChI=1S/C34H34ClN3O5/c1-42-16-17-43-27-11-4-7-23(20-27)22-6-2-9-25(18-22)34(13-14-34)33-36-29-12-5-15-38(21-28(29)31(40)37-33)32(41)30(39)24-8-3-10-26(35)19-24/h2-4,6-11,18-20,30,39H,5,12-17,21H2,1H3,(H,36,37,40). The van der Waals surface area contributed by atoms with Crippen LogP contribution in [-0.2, 0) is 27.9 Å². The first-order valence-electron chi connectivity index (χ1n) is 14.6. The van der Waals surface area contributed by atoms with Crippen LogP contribution in [0.15, 0.2) is 77.6 Å². The zero-order valence-electron chi connectivity index (χ0n) is 24.0. The summed E-state index contributed by atoms with van der Waals surface area (Å²) in [5, 5.41) is 11.2. The molecule has 1 amide bonds. The van der Waals surface area contributed by atoms with Crippen LogP contribution in [0.1, 0.15) is 53.6 Å². The van der Waals surface area contributed by atoms with E-state index in [1.165, 1.54) is 4.90 Å². The number of nitrogens with zero attached hydrogens (tertiary/aromatic N) is 2. The molecule has 222 valence electrons. The number of aromatic amines is 1. The second-order valence-electron chi connectivity index (χ2n) is 11.2. The van der Waals surface area contributed by atoms with Crippen LogP contribution < -0.4 is 10.3 Å². The zero-order valence-corrected chi connectivity index (χ0v) is 24.8. The van der Waals surface area contributed by atoms with Crippen molar-refractivity contribution in [3.05, 3.63) is 116 Å². The van der Waals surface area contributed by atoms with Gasteiger partial charge in [-0.25, -0.2) is 4.98 Å². The van der Waals surface area contributed by atoms with Crippen LogP contribution in [0.4, 0.5) is 0 Å². The lowest BCUT2D eigenvalue weighted by Crippen LogP contribution is -2.36. The average molecular weight is 600 g/mol. The molecule has 0 spiro atoms. The Morgan fingerprint density at radius 2 is 1.84 bits per heavy atom. The minimum atomic E-state index is -1.36. The molecule has 1 saturated carbocycles. The van der Waals surface area contributed by atoms with Gasteiger partial charge in [0.1, 0.15) is 18.2 Å². The van der Waals surface area contributed by atoms with Gasteiger partial charge in [-0.05, 0) is 72.2 Å². The Morgan fingerprint density at radius 1 is 1.07 bits per heavy atom. The molecule has 1 atom stereocenters. The fourth-order valence-electron chi connectivity index (χ4n) is 5.82. The van der Waals surface area contributed by atoms with E-state index < -0.39 is 12.0 Å². The maximum absolute atomic E-state index is 13.5. The summed E-state index contributed by atoms with van der Waals surface area (Å²) < 4.78 is 10.9. The molecular weight excluding hydrogens is 566 g/mol. The van der Waals surface area contributed by atoms with Gasteiger partial charge in [-0.2, -0.15) is 0 Å². The van der Waals surface area contributed by atoms with Gasteiger partial charge in [-0.1, -0.05) is 60.1 Å². The fourth-order valence-corrected chi connectivity index (χ4v) is 6.02. The van der Waals surface area contributed by atoms with Crippen molar-refractivity contribution < 1.29 is 19.4 Å². The number of halogens is 1. The van der Waals surface area contributed by atoms with Gasteiger partial charge >= 0.3 is 0 Å². The summed E-state index contributed by atoms with van der Waals surface area (Å²) in [6.45, 7) is 1.52. The van der Waals surface area contributed by atoms with Crippen molar-refractivity contribution >= 4 is 17.5 Å². The van der Waals surface area contributed by atoms with Gasteiger partial charge in [0.05, 0.1) is 29.8 Å². The summed E-state index contributed by atoms with van der Waals surface area (Å²) in [5.74, 6) is 0.997. The van der Waals surface area contributed by atoms with E-state index >= 15 is 0 Å². The molecule has 2 aliphatic rings. The third kappa shape index (κ3) is 6.09. The highest BCUT2D eigenvalue weighted by atomic mass is 35.5. The number of aliphatic hydroxyl groups is 1. The van der Waals surface area contributed by atoms with Gasteiger partial charge in [0, 0.05) is 18.7 Å². The number of aliphatic hydroxyl groups excluding tert-OH is 1. The number of rotatable bonds is 9. The van der Waals surface area contributed by atoms with E-state index in [9.17, 15) is 14.7 Å². The van der Waals surface area contributed by atoms with Gasteiger partial charge in [0.2, 0.25) is 0 Å². The highest BCUT2D eigenvalue weighted by molar-refractivity contribution is 6.30. The zero-order chi connectivity index (χ0) is 30.0. The van der Waals surface area contributed by atoms with Crippen LogP contribution >= 0.6 is 11.6 Å². The molecule has 0 saturated heterocycles. The molecule has 1 aliphatic carbocycles. The van der Waals surface area contributed by atoms with E-state index in [0.717, 1.165) is 41.0 Å². The van der Waals surface area contributed by atoms with Gasteiger partial charge in [-0.3, -0.25) is 9.59 Å². The number of aryl methyl sites for hydroxylation is 1. The summed E-state index contributed by atoms with van der Waals surface area (Å²) in [6, 6.07) is 23.0. The average Bonchev–Trinajstić information content (AvgIpc) is 3.86. The molecular formula is C34H34ClN3O5. The first kappa shape index (κ1) is 29.1. The van der Waals surface area contributed by atoms with Gasteiger partial charge in [0.25, 0.3) is 11.5 Å². The summed E-state index contributed by atoms with van der Waals surface area (Å²) >= 11 is 6.06. The van der Waals surface area contributed by atoms with Crippen molar-refractivity contribution in [2.45, 2.75) is 43.7 Å². The third-order valence-corrected chi connectivity index (χ3v) is 8.58. The number of H-pyrrole nitrogens is 1. The number of carbonyl (C=O) groups is 1. The molecule has 1 unspecified atom stereocenters. The van der Waals surface area contributed by atoms with E-state index in [4.69, 9.17) is 26.1 Å². The molecule has 1 aromatic heterocycles. The van der Waals surface area contributed by atoms with Crippen LogP contribution in [-0.4, -0.2) is 52.7 Å². The first-order chi connectivity index (χ1) is 20.9. The van der Waals surface area contributed by atoms with Gasteiger partial charge < -0.3 is 24.5 Å².